The summed E-state index contributed by atoms with van der Waals surface area (Å²) in [6.45, 7) is -0.606. The second-order valence-corrected chi connectivity index (χ2v) is 7.07. The summed E-state index contributed by atoms with van der Waals surface area (Å²) in [6, 6.07) is 6.63. The van der Waals surface area contributed by atoms with E-state index in [1.807, 2.05) is 0 Å². The highest BCUT2D eigenvalue weighted by molar-refractivity contribution is 6.02. The molecule has 30 heavy (non-hydrogen) atoms. The van der Waals surface area contributed by atoms with Gasteiger partial charge in [0.1, 0.15) is 5.82 Å². The third kappa shape index (κ3) is 4.19. The standard InChI is InChI=1S/C21H18F3N5O/c1-28-11-15(9-26-28)20-14(8-25-10-18(20)22)2-7-19(30)27-16-3-5-17(6-4-16)29-12-21(23,24)13-29/h2-11H,12-13H2,1H3,(H,27,30). The number of hydrogen-bond acceptors (Lipinski definition) is 4. The maximum Gasteiger partial charge on any atom is 0.282 e. The fraction of sp³-hybridized carbons (Fsp3) is 0.190. The minimum Gasteiger partial charge on any atom is -0.359 e. The van der Waals surface area contributed by atoms with Crippen molar-refractivity contribution in [2.24, 2.45) is 7.05 Å². The van der Waals surface area contributed by atoms with Crippen molar-refractivity contribution in [1.82, 2.24) is 14.8 Å². The second-order valence-electron chi connectivity index (χ2n) is 7.07. The van der Waals surface area contributed by atoms with Gasteiger partial charge in [-0.15, -0.1) is 0 Å². The molecule has 6 nitrogen and oxygen atoms in total. The Bertz CT molecular complexity index is 1100. The predicted octanol–water partition coefficient (Wildman–Crippen LogP) is 3.73. The molecule has 3 aromatic rings. The molecule has 0 aliphatic carbocycles. The summed E-state index contributed by atoms with van der Waals surface area (Å²) in [5, 5.41) is 6.73. The zero-order chi connectivity index (χ0) is 21.3. The van der Waals surface area contributed by atoms with Crippen molar-refractivity contribution in [3.05, 3.63) is 66.5 Å². The number of aromatic nitrogens is 3. The summed E-state index contributed by atoms with van der Waals surface area (Å²) < 4.78 is 41.8. The van der Waals surface area contributed by atoms with Gasteiger partial charge in [-0.25, -0.2) is 13.2 Å². The van der Waals surface area contributed by atoms with Gasteiger partial charge in [0.15, 0.2) is 0 Å². The molecule has 1 N–H and O–H groups in total. The van der Waals surface area contributed by atoms with Gasteiger partial charge in [0.05, 0.1) is 25.5 Å². The molecule has 0 radical (unpaired) electrons. The first-order chi connectivity index (χ1) is 14.3. The molecule has 1 fully saturated rings. The molecule has 1 amide bonds. The highest BCUT2D eigenvalue weighted by atomic mass is 19.3. The van der Waals surface area contributed by atoms with Crippen LogP contribution in [0, 0.1) is 5.82 Å². The highest BCUT2D eigenvalue weighted by Gasteiger charge is 2.43. The van der Waals surface area contributed by atoms with E-state index in [4.69, 9.17) is 0 Å². The normalized spacial score (nSPS) is 15.3. The number of hydrogen-bond donors (Lipinski definition) is 1. The van der Waals surface area contributed by atoms with E-state index in [1.54, 1.807) is 47.1 Å². The minimum atomic E-state index is -2.64. The Balaban J connectivity index is 1.44. The van der Waals surface area contributed by atoms with Gasteiger partial charge >= 0.3 is 0 Å². The van der Waals surface area contributed by atoms with Crippen LogP contribution in [0.15, 0.2) is 55.1 Å². The molecule has 0 bridgehead atoms. The molecular weight excluding hydrogens is 395 g/mol. The largest absolute Gasteiger partial charge is 0.359 e. The average molecular weight is 413 g/mol. The Morgan fingerprint density at radius 3 is 2.53 bits per heavy atom. The minimum absolute atomic E-state index is 0.303. The van der Waals surface area contributed by atoms with Crippen LogP contribution in [0.4, 0.5) is 24.5 Å². The van der Waals surface area contributed by atoms with Crippen LogP contribution < -0.4 is 10.2 Å². The maximum atomic E-state index is 14.3. The van der Waals surface area contributed by atoms with Crippen LogP contribution in [0.25, 0.3) is 17.2 Å². The van der Waals surface area contributed by atoms with E-state index in [9.17, 15) is 18.0 Å². The smallest absolute Gasteiger partial charge is 0.282 e. The van der Waals surface area contributed by atoms with Crippen LogP contribution >= 0.6 is 0 Å². The Labute approximate surface area is 170 Å². The fourth-order valence-corrected chi connectivity index (χ4v) is 3.23. The van der Waals surface area contributed by atoms with E-state index in [-0.39, 0.29) is 13.1 Å². The van der Waals surface area contributed by atoms with Crippen molar-refractivity contribution in [3.8, 4) is 11.1 Å². The topological polar surface area (TPSA) is 63.1 Å². The van der Waals surface area contributed by atoms with Crippen molar-refractivity contribution in [3.63, 3.8) is 0 Å². The van der Waals surface area contributed by atoms with Crippen LogP contribution in [0.5, 0.6) is 0 Å². The van der Waals surface area contributed by atoms with E-state index >= 15 is 0 Å². The molecule has 0 spiro atoms. The molecular formula is C21H18F3N5O. The molecule has 0 unspecified atom stereocenters. The monoisotopic (exact) mass is 413 g/mol. The summed E-state index contributed by atoms with van der Waals surface area (Å²) >= 11 is 0. The molecule has 1 saturated heterocycles. The summed E-state index contributed by atoms with van der Waals surface area (Å²) in [5.74, 6) is -3.57. The number of carbonyl (C=O) groups excluding carboxylic acids is 1. The first kappa shape index (κ1) is 19.7. The van der Waals surface area contributed by atoms with Crippen LogP contribution in [-0.2, 0) is 11.8 Å². The molecule has 1 aliphatic rings. The Hall–Kier alpha value is -3.62. The SMILES string of the molecule is Cn1cc(-c2c(F)cncc2C=CC(=O)Nc2ccc(N3CC(F)(F)C3)cc2)cn1. The molecule has 1 aliphatic heterocycles. The number of amides is 1. The van der Waals surface area contributed by atoms with Crippen molar-refractivity contribution in [1.29, 1.82) is 0 Å². The van der Waals surface area contributed by atoms with Gasteiger partial charge in [-0.1, -0.05) is 0 Å². The van der Waals surface area contributed by atoms with Gasteiger partial charge in [0.2, 0.25) is 5.91 Å². The Morgan fingerprint density at radius 2 is 1.90 bits per heavy atom. The summed E-state index contributed by atoms with van der Waals surface area (Å²) in [5.41, 5.74) is 2.50. The van der Waals surface area contributed by atoms with Gasteiger partial charge in [-0.2, -0.15) is 5.10 Å². The van der Waals surface area contributed by atoms with Gasteiger partial charge in [0.25, 0.3) is 5.92 Å². The summed E-state index contributed by atoms with van der Waals surface area (Å²) in [4.78, 5) is 17.7. The number of nitrogens with one attached hydrogen (secondary N) is 1. The number of anilines is 2. The molecule has 1 aromatic carbocycles. The molecule has 4 rings (SSSR count). The van der Waals surface area contributed by atoms with Gasteiger partial charge < -0.3 is 10.2 Å². The number of rotatable bonds is 5. The number of halogens is 3. The van der Waals surface area contributed by atoms with Crippen molar-refractivity contribution < 1.29 is 18.0 Å². The molecule has 2 aromatic heterocycles. The molecule has 0 atom stereocenters. The summed E-state index contributed by atoms with van der Waals surface area (Å²) in [7, 11) is 1.73. The maximum absolute atomic E-state index is 14.3. The average Bonchev–Trinajstić information content (AvgIpc) is 3.11. The van der Waals surface area contributed by atoms with E-state index in [0.717, 1.165) is 6.20 Å². The van der Waals surface area contributed by atoms with Gasteiger partial charge in [-0.05, 0) is 30.3 Å². The lowest BCUT2D eigenvalue weighted by Crippen LogP contribution is -2.56. The number of benzene rings is 1. The first-order valence-electron chi connectivity index (χ1n) is 9.15. The fourth-order valence-electron chi connectivity index (χ4n) is 3.23. The van der Waals surface area contributed by atoms with Crippen LogP contribution in [0.2, 0.25) is 0 Å². The van der Waals surface area contributed by atoms with E-state index in [0.29, 0.717) is 28.1 Å². The van der Waals surface area contributed by atoms with E-state index < -0.39 is 17.6 Å². The predicted molar refractivity (Wildman–Crippen MR) is 108 cm³/mol. The zero-order valence-electron chi connectivity index (χ0n) is 16.0. The van der Waals surface area contributed by atoms with E-state index in [2.05, 4.69) is 15.4 Å². The van der Waals surface area contributed by atoms with Crippen LogP contribution in [0.1, 0.15) is 5.56 Å². The van der Waals surface area contributed by atoms with Crippen LogP contribution in [0.3, 0.4) is 0 Å². The zero-order valence-corrected chi connectivity index (χ0v) is 16.0. The van der Waals surface area contributed by atoms with Gasteiger partial charge in [-0.3, -0.25) is 14.5 Å². The number of alkyl halides is 2. The van der Waals surface area contributed by atoms with Crippen molar-refractivity contribution in [2.75, 3.05) is 23.3 Å². The number of pyridine rings is 1. The quantitative estimate of drug-likeness (QED) is 0.648. The number of nitrogens with zero attached hydrogens (tertiary/aromatic N) is 4. The molecule has 0 saturated carbocycles. The second kappa shape index (κ2) is 7.66. The molecule has 9 heteroatoms. The lowest BCUT2D eigenvalue weighted by atomic mass is 10.0. The summed E-state index contributed by atoms with van der Waals surface area (Å²) in [6.07, 6.45) is 8.53. The van der Waals surface area contributed by atoms with Crippen molar-refractivity contribution in [2.45, 2.75) is 5.92 Å². The Morgan fingerprint density at radius 1 is 1.17 bits per heavy atom. The van der Waals surface area contributed by atoms with E-state index in [1.165, 1.54) is 24.5 Å². The first-order valence-corrected chi connectivity index (χ1v) is 9.15. The number of carbonyl (C=O) groups is 1. The van der Waals surface area contributed by atoms with Gasteiger partial charge in [0, 0.05) is 53.6 Å². The molecule has 3 heterocycles. The highest BCUT2D eigenvalue weighted by Crippen LogP contribution is 2.32. The third-order valence-electron chi connectivity index (χ3n) is 4.68. The lowest BCUT2D eigenvalue weighted by Gasteiger charge is -2.40. The number of aryl methyl sites for hydroxylation is 1. The third-order valence-corrected chi connectivity index (χ3v) is 4.68. The molecule has 154 valence electrons. The Kier molecular flexibility index (Phi) is 5.03. The lowest BCUT2D eigenvalue weighted by molar-refractivity contribution is -0.111. The van der Waals surface area contributed by atoms with Crippen molar-refractivity contribution >= 4 is 23.4 Å². The van der Waals surface area contributed by atoms with Crippen LogP contribution in [-0.4, -0.2) is 39.7 Å².